The number of para-hydroxylation sites is 1. The van der Waals surface area contributed by atoms with Gasteiger partial charge < -0.3 is 4.42 Å². The van der Waals surface area contributed by atoms with Crippen molar-refractivity contribution in [2.45, 2.75) is 31.6 Å². The van der Waals surface area contributed by atoms with Gasteiger partial charge in [-0.15, -0.1) is 0 Å². The van der Waals surface area contributed by atoms with Crippen molar-refractivity contribution >= 4 is 15.7 Å². The van der Waals surface area contributed by atoms with Crippen molar-refractivity contribution < 1.29 is 12.8 Å². The molecular formula is C20H20N2O3S. The fourth-order valence-electron chi connectivity index (χ4n) is 3.39. The molecule has 0 atom stereocenters. The summed E-state index contributed by atoms with van der Waals surface area (Å²) in [4.78, 5) is 4.41. The molecule has 0 N–H and O–H groups in total. The predicted octanol–water partition coefficient (Wildman–Crippen LogP) is 4.10. The Labute approximate surface area is 153 Å². The Balaban J connectivity index is 1.82. The number of aryl methyl sites for hydroxylation is 3. The molecule has 0 saturated heterocycles. The van der Waals surface area contributed by atoms with Gasteiger partial charge in [0.05, 0.1) is 16.8 Å². The van der Waals surface area contributed by atoms with E-state index in [1.54, 1.807) is 19.2 Å². The SMILES string of the molecule is Cc1ncc(-c2ccc(C)c(S(=O)(=O)N3CCCc4ccccc43)c2)o1. The second kappa shape index (κ2) is 6.29. The lowest BCUT2D eigenvalue weighted by atomic mass is 10.0. The van der Waals surface area contributed by atoms with E-state index in [1.165, 1.54) is 4.31 Å². The largest absolute Gasteiger partial charge is 0.441 e. The first-order valence-corrected chi connectivity index (χ1v) is 10.0. The quantitative estimate of drug-likeness (QED) is 0.698. The first-order chi connectivity index (χ1) is 12.5. The van der Waals surface area contributed by atoms with Crippen LogP contribution in [0.2, 0.25) is 0 Å². The number of benzene rings is 2. The molecule has 26 heavy (non-hydrogen) atoms. The predicted molar refractivity (Wildman–Crippen MR) is 101 cm³/mol. The lowest BCUT2D eigenvalue weighted by Gasteiger charge is -2.31. The molecule has 0 aliphatic carbocycles. The molecule has 4 rings (SSSR count). The van der Waals surface area contributed by atoms with E-state index >= 15 is 0 Å². The summed E-state index contributed by atoms with van der Waals surface area (Å²) in [5, 5.41) is 0. The third-order valence-electron chi connectivity index (χ3n) is 4.73. The normalized spacial score (nSPS) is 14.3. The van der Waals surface area contributed by atoms with Crippen LogP contribution in [0.3, 0.4) is 0 Å². The van der Waals surface area contributed by atoms with Crippen LogP contribution in [0.5, 0.6) is 0 Å². The van der Waals surface area contributed by atoms with Gasteiger partial charge in [-0.1, -0.05) is 30.3 Å². The van der Waals surface area contributed by atoms with Crippen LogP contribution in [-0.4, -0.2) is 19.9 Å². The van der Waals surface area contributed by atoms with Crippen molar-refractivity contribution in [1.82, 2.24) is 4.98 Å². The maximum Gasteiger partial charge on any atom is 0.264 e. The molecule has 5 nitrogen and oxygen atoms in total. The molecule has 3 aromatic rings. The molecule has 1 aliphatic heterocycles. The van der Waals surface area contributed by atoms with E-state index < -0.39 is 10.0 Å². The monoisotopic (exact) mass is 368 g/mol. The zero-order valence-electron chi connectivity index (χ0n) is 14.8. The second-order valence-electron chi connectivity index (χ2n) is 6.53. The fraction of sp³-hybridized carbons (Fsp3) is 0.250. The molecule has 0 radical (unpaired) electrons. The Morgan fingerprint density at radius 1 is 1.12 bits per heavy atom. The van der Waals surface area contributed by atoms with Crippen LogP contribution in [0.1, 0.15) is 23.4 Å². The van der Waals surface area contributed by atoms with Crippen LogP contribution in [0.25, 0.3) is 11.3 Å². The van der Waals surface area contributed by atoms with Gasteiger partial charge in [0.1, 0.15) is 0 Å². The van der Waals surface area contributed by atoms with Gasteiger partial charge >= 0.3 is 0 Å². The first kappa shape index (κ1) is 16.8. The minimum atomic E-state index is -3.66. The summed E-state index contributed by atoms with van der Waals surface area (Å²) in [6, 6.07) is 13.1. The number of fused-ring (bicyclic) bond motifs is 1. The summed E-state index contributed by atoms with van der Waals surface area (Å²) >= 11 is 0. The van der Waals surface area contributed by atoms with Gasteiger partial charge in [-0.2, -0.15) is 0 Å². The van der Waals surface area contributed by atoms with Crippen molar-refractivity contribution in [3.8, 4) is 11.3 Å². The van der Waals surface area contributed by atoms with E-state index in [9.17, 15) is 8.42 Å². The third-order valence-corrected chi connectivity index (χ3v) is 6.68. The molecule has 0 spiro atoms. The molecule has 0 saturated carbocycles. The lowest BCUT2D eigenvalue weighted by Crippen LogP contribution is -2.35. The minimum absolute atomic E-state index is 0.306. The number of hydrogen-bond donors (Lipinski definition) is 0. The Kier molecular flexibility index (Phi) is 4.07. The number of rotatable bonds is 3. The van der Waals surface area contributed by atoms with E-state index in [0.29, 0.717) is 34.2 Å². The van der Waals surface area contributed by atoms with Crippen molar-refractivity contribution in [2.75, 3.05) is 10.8 Å². The molecule has 134 valence electrons. The Bertz CT molecular complexity index is 1070. The minimum Gasteiger partial charge on any atom is -0.441 e. The molecule has 0 bridgehead atoms. The average Bonchev–Trinajstić information content (AvgIpc) is 3.08. The third kappa shape index (κ3) is 2.80. The highest BCUT2D eigenvalue weighted by molar-refractivity contribution is 7.92. The lowest BCUT2D eigenvalue weighted by molar-refractivity contribution is 0.534. The van der Waals surface area contributed by atoms with Crippen LogP contribution in [0.4, 0.5) is 5.69 Å². The zero-order valence-corrected chi connectivity index (χ0v) is 15.6. The van der Waals surface area contributed by atoms with Gasteiger partial charge in [0.25, 0.3) is 10.0 Å². The smallest absolute Gasteiger partial charge is 0.264 e. The number of sulfonamides is 1. The molecule has 2 heterocycles. The molecule has 1 aliphatic rings. The van der Waals surface area contributed by atoms with E-state index in [4.69, 9.17) is 4.42 Å². The Hall–Kier alpha value is -2.60. The second-order valence-corrected chi connectivity index (χ2v) is 8.36. The van der Waals surface area contributed by atoms with Gasteiger partial charge in [-0.05, 0) is 43.0 Å². The molecule has 0 unspecified atom stereocenters. The molecule has 2 aromatic carbocycles. The summed E-state index contributed by atoms with van der Waals surface area (Å²) in [6.07, 6.45) is 3.33. The first-order valence-electron chi connectivity index (χ1n) is 8.61. The number of anilines is 1. The zero-order chi connectivity index (χ0) is 18.3. The van der Waals surface area contributed by atoms with Crippen LogP contribution in [0.15, 0.2) is 58.0 Å². The maximum absolute atomic E-state index is 13.4. The van der Waals surface area contributed by atoms with Gasteiger partial charge in [0.2, 0.25) is 0 Å². The number of aromatic nitrogens is 1. The fourth-order valence-corrected chi connectivity index (χ4v) is 5.19. The van der Waals surface area contributed by atoms with Crippen LogP contribution in [-0.2, 0) is 16.4 Å². The van der Waals surface area contributed by atoms with Crippen LogP contribution >= 0.6 is 0 Å². The summed E-state index contributed by atoms with van der Waals surface area (Å²) < 4.78 is 34.0. The topological polar surface area (TPSA) is 63.4 Å². The standard InChI is InChI=1S/C20H20N2O3S/c1-14-9-10-17(19-13-21-15(2)25-19)12-20(14)26(23,24)22-11-5-7-16-6-3-4-8-18(16)22/h3-4,6,8-10,12-13H,5,7,11H2,1-2H3. The number of hydrogen-bond acceptors (Lipinski definition) is 4. The van der Waals surface area contributed by atoms with Crippen LogP contribution in [0, 0.1) is 13.8 Å². The van der Waals surface area contributed by atoms with Gasteiger partial charge in [-0.3, -0.25) is 4.31 Å². The van der Waals surface area contributed by atoms with E-state index in [1.807, 2.05) is 43.3 Å². The van der Waals surface area contributed by atoms with Gasteiger partial charge in [-0.25, -0.2) is 13.4 Å². The molecule has 0 fully saturated rings. The summed E-state index contributed by atoms with van der Waals surface area (Å²) in [6.45, 7) is 4.07. The maximum atomic E-state index is 13.4. The van der Waals surface area contributed by atoms with Crippen molar-refractivity contribution in [1.29, 1.82) is 0 Å². The molecule has 0 amide bonds. The van der Waals surface area contributed by atoms with Crippen LogP contribution < -0.4 is 4.31 Å². The Morgan fingerprint density at radius 2 is 1.92 bits per heavy atom. The van der Waals surface area contributed by atoms with E-state index in [0.717, 1.165) is 24.1 Å². The number of oxazole rings is 1. The number of nitrogens with zero attached hydrogens (tertiary/aromatic N) is 2. The highest BCUT2D eigenvalue weighted by atomic mass is 32.2. The van der Waals surface area contributed by atoms with Crippen molar-refractivity contribution in [2.24, 2.45) is 0 Å². The summed E-state index contributed by atoms with van der Waals surface area (Å²) in [5.41, 5.74) is 3.27. The highest BCUT2D eigenvalue weighted by Crippen LogP contribution is 2.34. The summed E-state index contributed by atoms with van der Waals surface area (Å²) in [5.74, 6) is 1.12. The highest BCUT2D eigenvalue weighted by Gasteiger charge is 2.30. The average molecular weight is 368 g/mol. The van der Waals surface area contributed by atoms with E-state index in [2.05, 4.69) is 4.98 Å². The van der Waals surface area contributed by atoms with Gasteiger partial charge in [0, 0.05) is 19.0 Å². The van der Waals surface area contributed by atoms with Gasteiger partial charge in [0.15, 0.2) is 11.7 Å². The summed E-state index contributed by atoms with van der Waals surface area (Å²) in [7, 11) is -3.66. The van der Waals surface area contributed by atoms with E-state index in [-0.39, 0.29) is 0 Å². The molecule has 1 aromatic heterocycles. The van der Waals surface area contributed by atoms with Crippen molar-refractivity contribution in [3.05, 3.63) is 65.7 Å². The van der Waals surface area contributed by atoms with Crippen molar-refractivity contribution in [3.63, 3.8) is 0 Å². The molecular weight excluding hydrogens is 348 g/mol. The molecule has 6 heteroatoms. The Morgan fingerprint density at radius 3 is 2.69 bits per heavy atom.